The van der Waals surface area contributed by atoms with Crippen molar-refractivity contribution in [3.8, 4) is 17.4 Å². The lowest BCUT2D eigenvalue weighted by Crippen LogP contribution is -2.53. The number of benzene rings is 2. The van der Waals surface area contributed by atoms with Gasteiger partial charge in [-0.25, -0.2) is 14.0 Å². The molecule has 3 amide bonds. The molecule has 0 bridgehead atoms. The molecule has 2 aromatic heterocycles. The summed E-state index contributed by atoms with van der Waals surface area (Å²) in [7, 11) is 0.855. The molecule has 1 aliphatic heterocycles. The van der Waals surface area contributed by atoms with Gasteiger partial charge in [-0.2, -0.15) is 0 Å². The highest BCUT2D eigenvalue weighted by molar-refractivity contribution is 6.78. The molecule has 3 heterocycles. The van der Waals surface area contributed by atoms with Gasteiger partial charge in [0.25, 0.3) is 8.32 Å². The summed E-state index contributed by atoms with van der Waals surface area (Å²) in [6.45, 7) is 14.8. The van der Waals surface area contributed by atoms with Crippen molar-refractivity contribution in [1.82, 2.24) is 24.3 Å². The van der Waals surface area contributed by atoms with Crippen LogP contribution in [0.15, 0.2) is 48.8 Å². The van der Waals surface area contributed by atoms with E-state index in [9.17, 15) is 19.1 Å². The first-order valence-electron chi connectivity index (χ1n) is 16.2. The second-order valence-electron chi connectivity index (χ2n) is 13.5. The van der Waals surface area contributed by atoms with Crippen LogP contribution < -0.4 is 9.16 Å². The first-order chi connectivity index (χ1) is 22.3. The van der Waals surface area contributed by atoms with Crippen molar-refractivity contribution in [2.24, 2.45) is 0 Å². The summed E-state index contributed by atoms with van der Waals surface area (Å²) in [5, 5.41) is 13.4. The van der Waals surface area contributed by atoms with Crippen molar-refractivity contribution >= 4 is 42.1 Å². The smallest absolute Gasteiger partial charge is 0.415 e. The lowest BCUT2D eigenvalue weighted by Gasteiger charge is -2.42. The quantitative estimate of drug-likeness (QED) is 0.197. The van der Waals surface area contributed by atoms with E-state index in [-0.39, 0.29) is 46.6 Å². The Bertz CT molecular complexity index is 1740. The normalized spacial score (nSPS) is 14.1. The molecule has 4 aromatic rings. The minimum absolute atomic E-state index is 0.0563. The van der Waals surface area contributed by atoms with E-state index in [1.54, 1.807) is 59.1 Å². The van der Waals surface area contributed by atoms with E-state index in [4.69, 9.17) is 14.1 Å². The van der Waals surface area contributed by atoms with Crippen LogP contribution >= 0.6 is 0 Å². The zero-order valence-electron chi connectivity index (χ0n) is 28.6. The van der Waals surface area contributed by atoms with Crippen molar-refractivity contribution in [2.75, 3.05) is 40.3 Å². The molecule has 2 aromatic carbocycles. The van der Waals surface area contributed by atoms with Gasteiger partial charge in [0.15, 0.2) is 5.75 Å². The van der Waals surface area contributed by atoms with Crippen molar-refractivity contribution in [3.05, 3.63) is 60.2 Å². The minimum atomic E-state index is -2.55. The molecule has 1 N–H and O–H groups in total. The van der Waals surface area contributed by atoms with Gasteiger partial charge in [0.2, 0.25) is 5.88 Å². The highest BCUT2D eigenvalue weighted by Crippen LogP contribution is 2.51. The van der Waals surface area contributed by atoms with Gasteiger partial charge in [-0.15, -0.1) is 0 Å². The number of carbonyl (C=O) groups is 2. The topological polar surface area (TPSA) is 100 Å². The van der Waals surface area contributed by atoms with Crippen LogP contribution in [0.4, 0.5) is 14.0 Å². The molecule has 0 saturated carbocycles. The Balaban J connectivity index is 1.66. The van der Waals surface area contributed by atoms with Crippen LogP contribution in [0.2, 0.25) is 16.6 Å². The highest BCUT2D eigenvalue weighted by atomic mass is 28.4. The zero-order valence-corrected chi connectivity index (χ0v) is 29.6. The van der Waals surface area contributed by atoms with E-state index in [2.05, 4.69) is 41.5 Å². The number of rotatable bonds is 8. The molecule has 1 fully saturated rings. The Morgan fingerprint density at radius 1 is 0.915 bits per heavy atom. The molecule has 47 heavy (non-hydrogen) atoms. The van der Waals surface area contributed by atoms with Gasteiger partial charge < -0.3 is 33.5 Å². The number of piperazine rings is 1. The van der Waals surface area contributed by atoms with E-state index in [1.165, 1.54) is 17.0 Å². The lowest BCUT2D eigenvalue weighted by atomic mass is 10.1. The Kier molecular flexibility index (Phi) is 9.72. The number of halogens is 1. The van der Waals surface area contributed by atoms with Crippen molar-refractivity contribution in [1.29, 1.82) is 0 Å². The van der Waals surface area contributed by atoms with Gasteiger partial charge in [-0.1, -0.05) is 53.7 Å². The van der Waals surface area contributed by atoms with Crippen LogP contribution in [-0.4, -0.2) is 90.1 Å². The average molecular weight is 664 g/mol. The number of aromatic nitrogens is 2. The number of hydrogen-bond acceptors (Lipinski definition) is 6. The molecule has 0 aliphatic carbocycles. The molecule has 10 nitrogen and oxygen atoms in total. The molecule has 0 radical (unpaired) electrons. The van der Waals surface area contributed by atoms with Crippen LogP contribution in [-0.2, 0) is 6.54 Å². The number of ether oxygens (including phenoxy) is 1. The van der Waals surface area contributed by atoms with E-state index in [0.717, 1.165) is 5.56 Å². The zero-order chi connectivity index (χ0) is 34.2. The van der Waals surface area contributed by atoms with Crippen LogP contribution in [0.25, 0.3) is 21.7 Å². The summed E-state index contributed by atoms with van der Waals surface area (Å²) < 4.78 is 28.8. The summed E-state index contributed by atoms with van der Waals surface area (Å²) in [6, 6.07) is 9.64. The number of pyridine rings is 1. The molecule has 1 saturated heterocycles. The second kappa shape index (κ2) is 13.4. The highest BCUT2D eigenvalue weighted by Gasteiger charge is 2.48. The van der Waals surface area contributed by atoms with Gasteiger partial charge in [0, 0.05) is 58.1 Å². The molecule has 5 rings (SSSR count). The van der Waals surface area contributed by atoms with Crippen molar-refractivity contribution < 1.29 is 28.2 Å². The molecule has 252 valence electrons. The van der Waals surface area contributed by atoms with Gasteiger partial charge in [-0.3, -0.25) is 4.98 Å². The maximum atomic E-state index is 13.7. The summed E-state index contributed by atoms with van der Waals surface area (Å²) >= 11 is 0. The number of amides is 3. The van der Waals surface area contributed by atoms with Crippen molar-refractivity contribution in [2.45, 2.75) is 64.7 Å². The third-order valence-corrected chi connectivity index (χ3v) is 15.4. The maximum Gasteiger partial charge on any atom is 0.415 e. The Hall–Kier alpha value is -4.32. The standard InChI is InChI=1S/C35H46FN5O5Si/c1-22(2)47(23(3)4,24(5)6)46-32-29-28(21-41(33(29)42)20-25-11-13-26(36)14-12-25)31(27-10-9-15-37-30(27)32)45-35(44)40-18-16-39(17-19-40)34(43)38(7)8/h9-15,21-24,42H,16-20H2,1-8H3. The van der Waals surface area contributed by atoms with Gasteiger partial charge in [0.1, 0.15) is 17.1 Å². The van der Waals surface area contributed by atoms with Crippen LogP contribution in [0.5, 0.6) is 17.4 Å². The van der Waals surface area contributed by atoms with Crippen LogP contribution in [0.3, 0.4) is 0 Å². The van der Waals surface area contributed by atoms with Crippen LogP contribution in [0.1, 0.15) is 47.1 Å². The SMILES string of the molecule is CC(C)[Si](Oc1c2ncccc2c(OC(=O)N2CCN(C(=O)N(C)C)CC2)c2cn(Cc3ccc(F)cc3)c(O)c12)(C(C)C)C(C)C. The van der Waals surface area contributed by atoms with E-state index >= 15 is 0 Å². The summed E-state index contributed by atoms with van der Waals surface area (Å²) in [5.41, 5.74) is 2.02. The predicted octanol–water partition coefficient (Wildman–Crippen LogP) is 7.43. The first-order valence-corrected chi connectivity index (χ1v) is 18.4. The number of urea groups is 1. The maximum absolute atomic E-state index is 13.7. The summed E-state index contributed by atoms with van der Waals surface area (Å²) in [4.78, 5) is 35.7. The average Bonchev–Trinajstić information content (AvgIpc) is 3.36. The predicted molar refractivity (Wildman–Crippen MR) is 184 cm³/mol. The third kappa shape index (κ3) is 6.35. The van der Waals surface area contributed by atoms with E-state index in [1.807, 2.05) is 6.07 Å². The summed E-state index contributed by atoms with van der Waals surface area (Å²) in [5.74, 6) is 0.344. The Morgan fingerprint density at radius 3 is 2.09 bits per heavy atom. The number of carbonyl (C=O) groups excluding carboxylic acids is 2. The molecular weight excluding hydrogens is 617 g/mol. The molecule has 12 heteroatoms. The number of nitrogens with zero attached hydrogens (tertiary/aromatic N) is 5. The Morgan fingerprint density at radius 2 is 1.51 bits per heavy atom. The monoisotopic (exact) mass is 663 g/mol. The fourth-order valence-corrected chi connectivity index (χ4v) is 12.4. The minimum Gasteiger partial charge on any atom is -0.541 e. The van der Waals surface area contributed by atoms with Gasteiger partial charge in [0.05, 0.1) is 17.3 Å². The molecule has 0 atom stereocenters. The number of aromatic hydroxyl groups is 1. The van der Waals surface area contributed by atoms with Gasteiger partial charge >= 0.3 is 12.1 Å². The fraction of sp³-hybridized carbons (Fsp3) is 0.457. The van der Waals surface area contributed by atoms with Crippen LogP contribution in [0, 0.1) is 5.82 Å². The lowest BCUT2D eigenvalue weighted by molar-refractivity contribution is 0.109. The number of fused-ring (bicyclic) bond motifs is 2. The largest absolute Gasteiger partial charge is 0.541 e. The van der Waals surface area contributed by atoms with Crippen molar-refractivity contribution in [3.63, 3.8) is 0 Å². The second-order valence-corrected chi connectivity index (χ2v) is 18.9. The van der Waals surface area contributed by atoms with E-state index in [0.29, 0.717) is 53.6 Å². The molecule has 0 spiro atoms. The Labute approximate surface area is 276 Å². The summed E-state index contributed by atoms with van der Waals surface area (Å²) in [6.07, 6.45) is 2.87. The fourth-order valence-electron chi connectivity index (χ4n) is 7.14. The molecular formula is C35H46FN5O5Si. The first kappa shape index (κ1) is 34.0. The third-order valence-electron chi connectivity index (χ3n) is 9.42. The number of hydrogen-bond donors (Lipinski definition) is 1. The molecule has 1 aliphatic rings. The molecule has 0 unspecified atom stereocenters. The van der Waals surface area contributed by atoms with Gasteiger partial charge in [-0.05, 0) is 46.5 Å². The van der Waals surface area contributed by atoms with E-state index < -0.39 is 14.4 Å².